The van der Waals surface area contributed by atoms with Gasteiger partial charge in [0.1, 0.15) is 0 Å². The summed E-state index contributed by atoms with van der Waals surface area (Å²) in [5, 5.41) is 30.9. The summed E-state index contributed by atoms with van der Waals surface area (Å²) in [7, 11) is 0. The van der Waals surface area contributed by atoms with Crippen LogP contribution in [-0.2, 0) is 14.4 Å². The Morgan fingerprint density at radius 2 is 1.50 bits per heavy atom. The van der Waals surface area contributed by atoms with Gasteiger partial charge in [0.2, 0.25) is 11.8 Å². The van der Waals surface area contributed by atoms with E-state index in [2.05, 4.69) is 48.1 Å². The highest BCUT2D eigenvalue weighted by Gasteiger charge is 2.72. The van der Waals surface area contributed by atoms with Crippen molar-refractivity contribution < 1.29 is 29.7 Å². The molecule has 50 heavy (non-hydrogen) atoms. The van der Waals surface area contributed by atoms with Gasteiger partial charge in [-0.3, -0.25) is 19.3 Å². The van der Waals surface area contributed by atoms with Crippen LogP contribution in [-0.4, -0.2) is 63.3 Å². The molecule has 0 spiro atoms. The van der Waals surface area contributed by atoms with Gasteiger partial charge in [0.05, 0.1) is 30.5 Å². The smallest absolute Gasteiger partial charge is 0.305 e. The Morgan fingerprint density at radius 3 is 2.16 bits per heavy atom. The maximum atomic E-state index is 15.2. The molecule has 0 bridgehead atoms. The highest BCUT2D eigenvalue weighted by molar-refractivity contribution is 5.99. The number of hydrogen-bond acceptors (Lipinski definition) is 6. The highest BCUT2D eigenvalue weighted by atomic mass is 16.4. The molecular formula is C42H70N2O6. The number of carbonyl (C=O) groups excluding carboxylic acids is 2. The van der Waals surface area contributed by atoms with Gasteiger partial charge in [0.25, 0.3) is 0 Å². The van der Waals surface area contributed by atoms with Crippen molar-refractivity contribution in [3.63, 3.8) is 0 Å². The fraction of sp³-hybridized carbons (Fsp3) is 0.881. The summed E-state index contributed by atoms with van der Waals surface area (Å²) in [6.45, 7) is 19.8. The van der Waals surface area contributed by atoms with E-state index in [9.17, 15) is 24.9 Å². The Labute approximate surface area is 302 Å². The maximum absolute atomic E-state index is 15.2. The molecule has 5 saturated carbocycles. The van der Waals surface area contributed by atoms with Gasteiger partial charge in [0, 0.05) is 6.54 Å². The number of nitrogens with zero attached hydrogens (tertiary/aromatic N) is 1. The lowest BCUT2D eigenvalue weighted by Gasteiger charge is -2.72. The topological polar surface area (TPSA) is 141 Å². The molecule has 0 saturated heterocycles. The van der Waals surface area contributed by atoms with E-state index in [1.807, 2.05) is 0 Å². The van der Waals surface area contributed by atoms with Crippen molar-refractivity contribution in [1.29, 1.82) is 0 Å². The Bertz CT molecular complexity index is 1300. The molecule has 0 aliphatic heterocycles. The highest BCUT2D eigenvalue weighted by Crippen LogP contribution is 2.77. The monoisotopic (exact) mass is 699 g/mol. The molecule has 11 atom stereocenters. The van der Waals surface area contributed by atoms with E-state index in [1.54, 1.807) is 0 Å². The van der Waals surface area contributed by atoms with Crippen LogP contribution in [0.1, 0.15) is 151 Å². The fourth-order valence-electron chi connectivity index (χ4n) is 13.6. The normalized spacial score (nSPS) is 40.8. The largest absolute Gasteiger partial charge is 0.481 e. The number of amides is 2. The Balaban J connectivity index is 1.47. The first-order valence-corrected chi connectivity index (χ1v) is 20.2. The number of rotatable bonds is 13. The number of allylic oxidation sites excluding steroid dienone is 1. The number of aliphatic hydroxyl groups is 2. The zero-order chi connectivity index (χ0) is 36.9. The summed E-state index contributed by atoms with van der Waals surface area (Å²) in [6, 6.07) is 0. The first-order chi connectivity index (χ1) is 23.4. The van der Waals surface area contributed by atoms with Crippen LogP contribution in [0.25, 0.3) is 0 Å². The average Bonchev–Trinajstić information content (AvgIpc) is 3.43. The van der Waals surface area contributed by atoms with Crippen molar-refractivity contribution in [2.45, 2.75) is 163 Å². The molecule has 5 fully saturated rings. The summed E-state index contributed by atoms with van der Waals surface area (Å²) in [6.07, 6.45) is 11.8. The number of carboxylic acids is 1. The predicted octanol–water partition coefficient (Wildman–Crippen LogP) is 7.50. The molecule has 0 unspecified atom stereocenters. The summed E-state index contributed by atoms with van der Waals surface area (Å²) >= 11 is 0. The molecular weight excluding hydrogens is 628 g/mol. The number of aliphatic hydroxyl groups excluding tert-OH is 2. The van der Waals surface area contributed by atoms with Gasteiger partial charge in [-0.15, -0.1) is 0 Å². The summed E-state index contributed by atoms with van der Waals surface area (Å²) in [5.74, 6) is -0.00552. The van der Waals surface area contributed by atoms with Crippen LogP contribution in [0.3, 0.4) is 0 Å². The van der Waals surface area contributed by atoms with Crippen molar-refractivity contribution in [3.05, 3.63) is 12.2 Å². The van der Waals surface area contributed by atoms with Crippen molar-refractivity contribution >= 4 is 17.8 Å². The van der Waals surface area contributed by atoms with Crippen molar-refractivity contribution in [1.82, 2.24) is 4.90 Å². The lowest BCUT2D eigenvalue weighted by molar-refractivity contribution is -0.247. The third-order valence-electron chi connectivity index (χ3n) is 16.4. The van der Waals surface area contributed by atoms with E-state index in [4.69, 9.17) is 5.73 Å². The van der Waals surface area contributed by atoms with E-state index >= 15 is 4.79 Å². The molecule has 2 amide bonds. The SMILES string of the molecule is C=C(C)[C@@H]1CC[C@]2(C(=O)N(CCCCCCCN)C(=O)C[C@@H](O)CC(=O)O)CC[C@]3(C)[C@H](CC[C@H]4[C@@]5(C)CC[C@H](O)C(C)(C)[C@@H]5CC[C@]43C)[C@@H]12. The minimum Gasteiger partial charge on any atom is -0.481 e. The van der Waals surface area contributed by atoms with Gasteiger partial charge < -0.3 is 21.1 Å². The summed E-state index contributed by atoms with van der Waals surface area (Å²) in [5.41, 5.74) is 6.37. The number of aliphatic carboxylic acids is 1. The van der Waals surface area contributed by atoms with E-state index in [-0.39, 0.29) is 51.9 Å². The zero-order valence-corrected chi connectivity index (χ0v) is 32.3. The number of hydrogen-bond donors (Lipinski definition) is 4. The van der Waals surface area contributed by atoms with Crippen LogP contribution in [0, 0.1) is 56.7 Å². The quantitative estimate of drug-likeness (QED) is 0.115. The summed E-state index contributed by atoms with van der Waals surface area (Å²) in [4.78, 5) is 41.9. The van der Waals surface area contributed by atoms with Gasteiger partial charge >= 0.3 is 5.97 Å². The first kappa shape index (κ1) is 39.4. The number of fused-ring (bicyclic) bond motifs is 7. The standard InChI is InChI=1S/C42H70N2O6/c1-27(2)29-15-20-42(37(50)44(24-12-10-8-9-11-23-43)34(47)25-28(45)26-35(48)49)22-21-40(6)30(36(29)42)13-14-32-39(5)18-17-33(46)38(3,4)31(39)16-19-41(32,40)7/h28-33,36,45-46H,1,8-26,43H2,2-7H3,(H,48,49)/t28-,29+,30-,31+,32+,33+,36-,39+,40-,41-,42+/m1/s1. The maximum Gasteiger partial charge on any atom is 0.305 e. The predicted molar refractivity (Wildman–Crippen MR) is 197 cm³/mol. The number of imide groups is 1. The molecule has 0 heterocycles. The van der Waals surface area contributed by atoms with E-state index < -0.39 is 29.8 Å². The van der Waals surface area contributed by atoms with Crippen LogP contribution in [0.4, 0.5) is 0 Å². The fourth-order valence-corrected chi connectivity index (χ4v) is 13.6. The molecule has 0 aromatic heterocycles. The summed E-state index contributed by atoms with van der Waals surface area (Å²) < 4.78 is 0. The molecule has 5 N–H and O–H groups in total. The van der Waals surface area contributed by atoms with Gasteiger partial charge in [-0.2, -0.15) is 0 Å². The average molecular weight is 699 g/mol. The van der Waals surface area contributed by atoms with Crippen molar-refractivity contribution in [2.24, 2.45) is 62.4 Å². The second-order valence-corrected chi connectivity index (χ2v) is 19.1. The van der Waals surface area contributed by atoms with Crippen molar-refractivity contribution in [3.8, 4) is 0 Å². The molecule has 5 aliphatic carbocycles. The third kappa shape index (κ3) is 6.44. The van der Waals surface area contributed by atoms with E-state index in [0.29, 0.717) is 37.3 Å². The van der Waals surface area contributed by atoms with E-state index in [0.717, 1.165) is 95.5 Å². The van der Waals surface area contributed by atoms with E-state index in [1.165, 1.54) is 4.90 Å². The van der Waals surface area contributed by atoms with Crippen molar-refractivity contribution in [2.75, 3.05) is 13.1 Å². The number of carboxylic acid groups (broad SMARTS) is 1. The minimum atomic E-state index is -1.33. The number of unbranched alkanes of at least 4 members (excludes halogenated alkanes) is 4. The Kier molecular flexibility index (Phi) is 11.5. The molecule has 0 radical (unpaired) electrons. The Morgan fingerprint density at radius 1 is 0.820 bits per heavy atom. The first-order valence-electron chi connectivity index (χ1n) is 20.2. The number of carbonyl (C=O) groups is 3. The van der Waals surface area contributed by atoms with Gasteiger partial charge in [-0.05, 0) is 142 Å². The second-order valence-electron chi connectivity index (χ2n) is 19.1. The van der Waals surface area contributed by atoms with Crippen LogP contribution >= 0.6 is 0 Å². The molecule has 5 aliphatic rings. The van der Waals surface area contributed by atoms with Crippen LogP contribution in [0.15, 0.2) is 12.2 Å². The van der Waals surface area contributed by atoms with Crippen LogP contribution in [0.2, 0.25) is 0 Å². The lowest BCUT2D eigenvalue weighted by atomic mass is 9.32. The van der Waals surface area contributed by atoms with Gasteiger partial charge in [-0.25, -0.2) is 0 Å². The van der Waals surface area contributed by atoms with Crippen LogP contribution < -0.4 is 5.73 Å². The molecule has 8 heteroatoms. The molecule has 284 valence electrons. The van der Waals surface area contributed by atoms with Gasteiger partial charge in [-0.1, -0.05) is 66.0 Å². The number of nitrogens with two attached hydrogens (primary N) is 1. The van der Waals surface area contributed by atoms with Crippen LogP contribution in [0.5, 0.6) is 0 Å². The lowest BCUT2D eigenvalue weighted by Crippen LogP contribution is -2.67. The molecule has 0 aromatic carbocycles. The molecule has 5 rings (SSSR count). The second kappa shape index (κ2) is 14.6. The Hall–Kier alpha value is -1.77. The third-order valence-corrected chi connectivity index (χ3v) is 16.4. The molecule has 8 nitrogen and oxygen atoms in total. The zero-order valence-electron chi connectivity index (χ0n) is 32.3. The minimum absolute atomic E-state index is 0.0338. The molecule has 0 aromatic rings. The van der Waals surface area contributed by atoms with Gasteiger partial charge in [0.15, 0.2) is 0 Å².